The molecular weight excluding hydrogens is 310 g/mol. The van der Waals surface area contributed by atoms with Crippen LogP contribution in [0.25, 0.3) is 5.69 Å². The second kappa shape index (κ2) is 6.63. The van der Waals surface area contributed by atoms with Crippen LogP contribution in [0.5, 0.6) is 0 Å². The third-order valence-corrected chi connectivity index (χ3v) is 3.79. The van der Waals surface area contributed by atoms with Gasteiger partial charge in [-0.3, -0.25) is 19.1 Å². The molecule has 0 radical (unpaired) electrons. The number of β-amino-alcohol motifs (C(OH)–C–C–N with tert-alkyl or cyclic N) is 1. The highest BCUT2D eigenvalue weighted by molar-refractivity contribution is 6.17. The molecule has 3 rings (SSSR count). The van der Waals surface area contributed by atoms with Gasteiger partial charge in [0.2, 0.25) is 0 Å². The number of anilines is 1. The molecule has 0 fully saturated rings. The predicted molar refractivity (Wildman–Crippen MR) is 86.2 cm³/mol. The van der Waals surface area contributed by atoms with Crippen molar-refractivity contribution >= 4 is 17.5 Å². The third kappa shape index (κ3) is 2.91. The summed E-state index contributed by atoms with van der Waals surface area (Å²) in [6.45, 7) is 1.73. The fourth-order valence-electron chi connectivity index (χ4n) is 2.54. The Hall–Kier alpha value is -3.00. The lowest BCUT2D eigenvalue weighted by Gasteiger charge is -2.15. The SMILES string of the molecule is CCc1ccc(-n2cnnc2)cc1NC1=CC(=O)N(CCO)C1=O. The van der Waals surface area contributed by atoms with Crippen LogP contribution in [-0.2, 0) is 16.0 Å². The fraction of sp³-hybridized carbons (Fsp3) is 0.250. The summed E-state index contributed by atoms with van der Waals surface area (Å²) in [5.41, 5.74) is 2.78. The molecule has 24 heavy (non-hydrogen) atoms. The van der Waals surface area contributed by atoms with Crippen LogP contribution in [0.15, 0.2) is 42.6 Å². The normalized spacial score (nSPS) is 14.2. The summed E-state index contributed by atoms with van der Waals surface area (Å²) >= 11 is 0. The number of aryl methyl sites for hydroxylation is 1. The third-order valence-electron chi connectivity index (χ3n) is 3.79. The molecule has 2 N–H and O–H groups in total. The molecule has 8 nitrogen and oxygen atoms in total. The van der Waals surface area contributed by atoms with E-state index in [1.165, 1.54) is 6.08 Å². The zero-order valence-corrected chi connectivity index (χ0v) is 13.1. The van der Waals surface area contributed by atoms with Gasteiger partial charge in [-0.15, -0.1) is 10.2 Å². The number of aliphatic hydroxyl groups excluding tert-OH is 1. The summed E-state index contributed by atoms with van der Waals surface area (Å²) in [5.74, 6) is -0.865. The van der Waals surface area contributed by atoms with Crippen molar-refractivity contribution in [1.29, 1.82) is 0 Å². The number of rotatable bonds is 6. The Morgan fingerprint density at radius 3 is 2.62 bits per heavy atom. The van der Waals surface area contributed by atoms with Gasteiger partial charge in [0.25, 0.3) is 11.8 Å². The minimum absolute atomic E-state index is 0.0132. The Labute approximate surface area is 138 Å². The highest BCUT2D eigenvalue weighted by Crippen LogP contribution is 2.24. The van der Waals surface area contributed by atoms with E-state index in [-0.39, 0.29) is 18.8 Å². The number of hydrogen-bond acceptors (Lipinski definition) is 6. The molecular formula is C16H17N5O3. The van der Waals surface area contributed by atoms with E-state index in [1.807, 2.05) is 25.1 Å². The summed E-state index contributed by atoms with van der Waals surface area (Å²) in [6.07, 6.45) is 5.18. The molecule has 1 aromatic heterocycles. The van der Waals surface area contributed by atoms with Gasteiger partial charge in [-0.2, -0.15) is 0 Å². The fourth-order valence-corrected chi connectivity index (χ4v) is 2.54. The average molecular weight is 327 g/mol. The first-order chi connectivity index (χ1) is 11.6. The van der Waals surface area contributed by atoms with Crippen molar-refractivity contribution in [1.82, 2.24) is 19.7 Å². The topological polar surface area (TPSA) is 100 Å². The predicted octanol–water partition coefficient (Wildman–Crippen LogP) is 0.487. The number of benzene rings is 1. The second-order valence-electron chi connectivity index (χ2n) is 5.27. The lowest BCUT2D eigenvalue weighted by Crippen LogP contribution is -2.34. The lowest BCUT2D eigenvalue weighted by molar-refractivity contribution is -0.137. The molecule has 0 saturated carbocycles. The van der Waals surface area contributed by atoms with E-state index < -0.39 is 11.8 Å². The van der Waals surface area contributed by atoms with Crippen LogP contribution in [0.3, 0.4) is 0 Å². The quantitative estimate of drug-likeness (QED) is 0.749. The number of aromatic nitrogens is 3. The first kappa shape index (κ1) is 15.9. The summed E-state index contributed by atoms with van der Waals surface area (Å²) in [4.78, 5) is 25.1. The summed E-state index contributed by atoms with van der Waals surface area (Å²) in [5, 5.41) is 19.6. The van der Waals surface area contributed by atoms with Gasteiger partial charge >= 0.3 is 0 Å². The van der Waals surface area contributed by atoms with Gasteiger partial charge in [0.15, 0.2) is 0 Å². The molecule has 2 heterocycles. The number of hydrogen-bond donors (Lipinski definition) is 2. The molecule has 1 aliphatic rings. The van der Waals surface area contributed by atoms with Gasteiger partial charge in [-0.1, -0.05) is 13.0 Å². The van der Waals surface area contributed by atoms with Gasteiger partial charge in [-0.05, 0) is 24.1 Å². The molecule has 0 atom stereocenters. The molecule has 0 saturated heterocycles. The molecule has 2 amide bonds. The standard InChI is InChI=1S/C16H17N5O3/c1-2-11-3-4-12(20-9-17-18-10-20)7-13(11)19-14-8-15(23)21(5-6-22)16(14)24/h3-4,7-10,19,22H,2,5-6H2,1H3. The number of imide groups is 1. The van der Waals surface area contributed by atoms with Crippen molar-refractivity contribution in [3.05, 3.63) is 48.2 Å². The molecule has 0 spiro atoms. The minimum Gasteiger partial charge on any atom is -0.395 e. The molecule has 0 aliphatic carbocycles. The van der Waals surface area contributed by atoms with E-state index in [0.29, 0.717) is 0 Å². The number of amides is 2. The Bertz CT molecular complexity index is 798. The van der Waals surface area contributed by atoms with Crippen LogP contribution < -0.4 is 5.32 Å². The van der Waals surface area contributed by atoms with Crippen molar-refractivity contribution in [3.63, 3.8) is 0 Å². The number of carbonyl (C=O) groups is 2. The largest absolute Gasteiger partial charge is 0.395 e. The van der Waals surface area contributed by atoms with Crippen molar-refractivity contribution in [2.45, 2.75) is 13.3 Å². The first-order valence-corrected chi connectivity index (χ1v) is 7.57. The molecule has 1 aliphatic heterocycles. The lowest BCUT2D eigenvalue weighted by atomic mass is 10.1. The first-order valence-electron chi connectivity index (χ1n) is 7.57. The second-order valence-corrected chi connectivity index (χ2v) is 5.27. The van der Waals surface area contributed by atoms with Gasteiger partial charge in [0.1, 0.15) is 18.4 Å². The molecule has 1 aromatic carbocycles. The van der Waals surface area contributed by atoms with Crippen LogP contribution in [0.2, 0.25) is 0 Å². The Kier molecular flexibility index (Phi) is 4.39. The van der Waals surface area contributed by atoms with Crippen molar-refractivity contribution in [2.75, 3.05) is 18.5 Å². The number of nitrogens with one attached hydrogen (secondary N) is 1. The Balaban J connectivity index is 1.89. The van der Waals surface area contributed by atoms with E-state index in [2.05, 4.69) is 15.5 Å². The van der Waals surface area contributed by atoms with E-state index in [9.17, 15) is 9.59 Å². The minimum atomic E-state index is -0.439. The molecule has 2 aromatic rings. The average Bonchev–Trinajstić information content (AvgIpc) is 3.20. The molecule has 0 bridgehead atoms. The van der Waals surface area contributed by atoms with Crippen molar-refractivity contribution in [2.24, 2.45) is 0 Å². The highest BCUT2D eigenvalue weighted by Gasteiger charge is 2.30. The zero-order valence-electron chi connectivity index (χ0n) is 13.1. The highest BCUT2D eigenvalue weighted by atomic mass is 16.3. The Morgan fingerprint density at radius 1 is 1.21 bits per heavy atom. The van der Waals surface area contributed by atoms with E-state index in [1.54, 1.807) is 17.2 Å². The number of carbonyl (C=O) groups excluding carboxylic acids is 2. The van der Waals surface area contributed by atoms with Gasteiger partial charge in [-0.25, -0.2) is 0 Å². The van der Waals surface area contributed by atoms with Crippen molar-refractivity contribution in [3.8, 4) is 5.69 Å². The van der Waals surface area contributed by atoms with Gasteiger partial charge in [0, 0.05) is 11.8 Å². The van der Waals surface area contributed by atoms with Gasteiger partial charge < -0.3 is 10.4 Å². The van der Waals surface area contributed by atoms with Crippen LogP contribution in [0.1, 0.15) is 12.5 Å². The molecule has 8 heteroatoms. The van der Waals surface area contributed by atoms with Crippen LogP contribution in [0, 0.1) is 0 Å². The maximum atomic E-state index is 12.3. The monoisotopic (exact) mass is 327 g/mol. The van der Waals surface area contributed by atoms with Crippen molar-refractivity contribution < 1.29 is 14.7 Å². The smallest absolute Gasteiger partial charge is 0.277 e. The maximum absolute atomic E-state index is 12.3. The van der Waals surface area contributed by atoms with Crippen LogP contribution in [-0.4, -0.2) is 49.7 Å². The summed E-state index contributed by atoms with van der Waals surface area (Å²) in [6, 6.07) is 5.75. The summed E-state index contributed by atoms with van der Waals surface area (Å²) in [7, 11) is 0. The van der Waals surface area contributed by atoms with E-state index >= 15 is 0 Å². The van der Waals surface area contributed by atoms with Crippen LogP contribution in [0.4, 0.5) is 5.69 Å². The van der Waals surface area contributed by atoms with Gasteiger partial charge in [0.05, 0.1) is 18.8 Å². The number of aliphatic hydroxyl groups is 1. The van der Waals surface area contributed by atoms with E-state index in [4.69, 9.17) is 5.11 Å². The van der Waals surface area contributed by atoms with Crippen LogP contribution >= 0.6 is 0 Å². The Morgan fingerprint density at radius 2 is 1.96 bits per heavy atom. The summed E-state index contributed by atoms with van der Waals surface area (Å²) < 4.78 is 1.75. The molecule has 0 unspecified atom stereocenters. The van der Waals surface area contributed by atoms with E-state index in [0.717, 1.165) is 28.3 Å². The zero-order chi connectivity index (χ0) is 17.1. The number of nitrogens with zero attached hydrogens (tertiary/aromatic N) is 4. The maximum Gasteiger partial charge on any atom is 0.277 e. The molecule has 124 valence electrons.